The molecule has 3 nitrogen and oxygen atoms in total. The fourth-order valence-corrected chi connectivity index (χ4v) is 3.36. The Labute approximate surface area is 128 Å². The predicted molar refractivity (Wildman–Crippen MR) is 87.8 cm³/mol. The number of fused-ring (bicyclic) bond motifs is 1. The molecule has 0 fully saturated rings. The van der Waals surface area contributed by atoms with Crippen LogP contribution in [-0.2, 0) is 17.8 Å². The summed E-state index contributed by atoms with van der Waals surface area (Å²) in [6.07, 6.45) is 2.63. The molecule has 1 heterocycles. The van der Waals surface area contributed by atoms with E-state index in [0.29, 0.717) is 18.9 Å². The predicted octanol–water partition coefficient (Wildman–Crippen LogP) is 3.62. The van der Waals surface area contributed by atoms with Gasteiger partial charge in [0.2, 0.25) is 5.91 Å². The first kappa shape index (κ1) is 15.9. The molecule has 2 rings (SSSR count). The van der Waals surface area contributed by atoms with E-state index in [1.54, 1.807) is 0 Å². The van der Waals surface area contributed by atoms with Gasteiger partial charge in [-0.1, -0.05) is 39.8 Å². The van der Waals surface area contributed by atoms with Gasteiger partial charge in [-0.2, -0.15) is 0 Å². The second-order valence-corrected chi connectivity index (χ2v) is 7.62. The summed E-state index contributed by atoms with van der Waals surface area (Å²) in [6.45, 7) is 10.3. The van der Waals surface area contributed by atoms with E-state index in [2.05, 4.69) is 33.8 Å². The van der Waals surface area contributed by atoms with Gasteiger partial charge in [-0.05, 0) is 41.4 Å². The Morgan fingerprint density at radius 3 is 2.76 bits per heavy atom. The maximum absolute atomic E-state index is 12.5. The molecule has 1 aromatic carbocycles. The molecule has 1 atom stereocenters. The smallest absolute Gasteiger partial charge is 0.223 e. The second kappa shape index (κ2) is 6.08. The highest BCUT2D eigenvalue weighted by molar-refractivity contribution is 5.77. The molecule has 1 aliphatic heterocycles. The first-order chi connectivity index (χ1) is 9.76. The summed E-state index contributed by atoms with van der Waals surface area (Å²) >= 11 is 0. The highest BCUT2D eigenvalue weighted by Gasteiger charge is 2.24. The van der Waals surface area contributed by atoms with Gasteiger partial charge in [0.05, 0.1) is 0 Å². The van der Waals surface area contributed by atoms with Crippen LogP contribution in [0.2, 0.25) is 0 Å². The van der Waals surface area contributed by atoms with E-state index in [1.165, 1.54) is 5.56 Å². The van der Waals surface area contributed by atoms with E-state index in [-0.39, 0.29) is 11.3 Å². The van der Waals surface area contributed by atoms with E-state index in [4.69, 9.17) is 5.73 Å². The van der Waals surface area contributed by atoms with Crippen LogP contribution in [0.5, 0.6) is 0 Å². The topological polar surface area (TPSA) is 46.3 Å². The Bertz CT molecular complexity index is 516. The zero-order valence-corrected chi connectivity index (χ0v) is 13.8. The second-order valence-electron chi connectivity index (χ2n) is 7.62. The van der Waals surface area contributed by atoms with Crippen molar-refractivity contribution in [3.63, 3.8) is 0 Å². The molecule has 2 N–H and O–H groups in total. The maximum Gasteiger partial charge on any atom is 0.223 e. The van der Waals surface area contributed by atoms with Crippen molar-refractivity contribution in [1.82, 2.24) is 4.90 Å². The van der Waals surface area contributed by atoms with E-state index in [9.17, 15) is 4.79 Å². The first-order valence-electron chi connectivity index (χ1n) is 7.90. The summed E-state index contributed by atoms with van der Waals surface area (Å²) in [5.74, 6) is 0.688. The Balaban J connectivity index is 1.98. The zero-order valence-electron chi connectivity index (χ0n) is 13.8. The highest BCUT2D eigenvalue weighted by atomic mass is 16.2. The normalized spacial score (nSPS) is 16.5. The molecule has 0 bridgehead atoms. The van der Waals surface area contributed by atoms with Crippen LogP contribution in [0.1, 0.15) is 51.7 Å². The van der Waals surface area contributed by atoms with Gasteiger partial charge in [0.25, 0.3) is 0 Å². The molecule has 0 aromatic heterocycles. The number of amides is 1. The number of carbonyl (C=O) groups excluding carboxylic acids is 1. The van der Waals surface area contributed by atoms with Gasteiger partial charge in [-0.3, -0.25) is 4.79 Å². The number of nitrogens with zero attached hydrogens (tertiary/aromatic N) is 1. The van der Waals surface area contributed by atoms with Gasteiger partial charge in [0.1, 0.15) is 0 Å². The largest absolute Gasteiger partial charge is 0.398 e. The number of anilines is 1. The van der Waals surface area contributed by atoms with Gasteiger partial charge in [0, 0.05) is 25.2 Å². The molecule has 1 unspecified atom stereocenters. The minimum atomic E-state index is 0.264. The summed E-state index contributed by atoms with van der Waals surface area (Å²) < 4.78 is 0. The Hall–Kier alpha value is -1.51. The molecular weight excluding hydrogens is 260 g/mol. The minimum absolute atomic E-state index is 0.264. The average molecular weight is 288 g/mol. The van der Waals surface area contributed by atoms with E-state index in [1.807, 2.05) is 17.0 Å². The number of rotatable bonds is 3. The quantitative estimate of drug-likeness (QED) is 0.864. The SMILES string of the molecule is CC(CC(=O)N1CCc2cccc(N)c2C1)CC(C)(C)C. The third-order valence-electron chi connectivity index (χ3n) is 4.15. The first-order valence-corrected chi connectivity index (χ1v) is 7.90. The van der Waals surface area contributed by atoms with E-state index in [0.717, 1.165) is 30.6 Å². The highest BCUT2D eigenvalue weighted by Crippen LogP contribution is 2.28. The number of carbonyl (C=O) groups is 1. The van der Waals surface area contributed by atoms with Gasteiger partial charge in [0.15, 0.2) is 0 Å². The van der Waals surface area contributed by atoms with Crippen molar-refractivity contribution in [3.8, 4) is 0 Å². The van der Waals surface area contributed by atoms with Crippen LogP contribution in [0, 0.1) is 11.3 Å². The molecule has 1 aliphatic rings. The fraction of sp³-hybridized carbons (Fsp3) is 0.611. The number of benzene rings is 1. The van der Waals surface area contributed by atoms with Crippen LogP contribution in [0.25, 0.3) is 0 Å². The van der Waals surface area contributed by atoms with Crippen LogP contribution in [0.15, 0.2) is 18.2 Å². The number of hydrogen-bond acceptors (Lipinski definition) is 2. The van der Waals surface area contributed by atoms with E-state index < -0.39 is 0 Å². The molecule has 0 saturated heterocycles. The minimum Gasteiger partial charge on any atom is -0.398 e. The summed E-state index contributed by atoms with van der Waals surface area (Å²) in [5.41, 5.74) is 9.57. The van der Waals surface area contributed by atoms with Crippen LogP contribution >= 0.6 is 0 Å². The maximum atomic E-state index is 12.5. The van der Waals surface area contributed by atoms with Crippen LogP contribution in [0.4, 0.5) is 5.69 Å². The summed E-state index contributed by atoms with van der Waals surface area (Å²) in [5, 5.41) is 0. The molecule has 0 aliphatic carbocycles. The van der Waals surface area contributed by atoms with Gasteiger partial charge >= 0.3 is 0 Å². The third-order valence-corrected chi connectivity index (χ3v) is 4.15. The molecule has 0 radical (unpaired) electrons. The van der Waals surface area contributed by atoms with E-state index >= 15 is 0 Å². The Morgan fingerprint density at radius 2 is 2.10 bits per heavy atom. The molecule has 0 spiro atoms. The Kier molecular flexibility index (Phi) is 4.60. The summed E-state index contributed by atoms with van der Waals surface area (Å²) in [6, 6.07) is 6.04. The average Bonchev–Trinajstić information content (AvgIpc) is 2.36. The van der Waals surface area contributed by atoms with Crippen molar-refractivity contribution in [1.29, 1.82) is 0 Å². The number of hydrogen-bond donors (Lipinski definition) is 1. The van der Waals surface area contributed by atoms with Gasteiger partial charge in [-0.25, -0.2) is 0 Å². The molecular formula is C18H28N2O. The lowest BCUT2D eigenvalue weighted by atomic mass is 9.84. The van der Waals surface area contributed by atoms with Gasteiger partial charge < -0.3 is 10.6 Å². The molecule has 21 heavy (non-hydrogen) atoms. The lowest BCUT2D eigenvalue weighted by Gasteiger charge is -2.31. The lowest BCUT2D eigenvalue weighted by Crippen LogP contribution is -2.37. The monoisotopic (exact) mass is 288 g/mol. The molecule has 0 saturated carbocycles. The standard InChI is InChI=1S/C18H28N2O/c1-13(11-18(2,3)4)10-17(21)20-9-8-14-6-5-7-16(19)15(14)12-20/h5-7,13H,8-12,19H2,1-4H3. The van der Waals surface area contributed by atoms with Crippen molar-refractivity contribution in [2.75, 3.05) is 12.3 Å². The van der Waals surface area contributed by atoms with Crippen LogP contribution < -0.4 is 5.73 Å². The van der Waals surface area contributed by atoms with Crippen molar-refractivity contribution in [2.45, 2.75) is 53.5 Å². The van der Waals surface area contributed by atoms with Crippen molar-refractivity contribution >= 4 is 11.6 Å². The summed E-state index contributed by atoms with van der Waals surface area (Å²) in [7, 11) is 0. The Morgan fingerprint density at radius 1 is 1.38 bits per heavy atom. The molecule has 116 valence electrons. The zero-order chi connectivity index (χ0) is 15.6. The van der Waals surface area contributed by atoms with Crippen LogP contribution in [-0.4, -0.2) is 17.4 Å². The lowest BCUT2D eigenvalue weighted by molar-refractivity contribution is -0.133. The summed E-state index contributed by atoms with van der Waals surface area (Å²) in [4.78, 5) is 14.5. The number of nitrogen functional groups attached to an aromatic ring is 1. The number of nitrogens with two attached hydrogens (primary N) is 1. The molecule has 1 aromatic rings. The fourth-order valence-electron chi connectivity index (χ4n) is 3.36. The van der Waals surface area contributed by atoms with Gasteiger partial charge in [-0.15, -0.1) is 0 Å². The van der Waals surface area contributed by atoms with Crippen molar-refractivity contribution in [3.05, 3.63) is 29.3 Å². The molecule has 1 amide bonds. The van der Waals surface area contributed by atoms with Crippen LogP contribution in [0.3, 0.4) is 0 Å². The third kappa shape index (κ3) is 4.23. The molecule has 3 heteroatoms. The van der Waals surface area contributed by atoms with Crippen molar-refractivity contribution in [2.24, 2.45) is 11.3 Å². The van der Waals surface area contributed by atoms with Crippen molar-refractivity contribution < 1.29 is 4.79 Å².